The van der Waals surface area contributed by atoms with Crippen LogP contribution in [0.15, 0.2) is 52.2 Å². The molecule has 0 radical (unpaired) electrons. The first-order valence-corrected chi connectivity index (χ1v) is 8.13. The number of aromatic amines is 1. The van der Waals surface area contributed by atoms with Crippen LogP contribution in [0, 0.1) is 11.5 Å². The molecular formula is C17H11BrN6O. The van der Waals surface area contributed by atoms with Crippen molar-refractivity contribution in [1.82, 2.24) is 19.5 Å². The quantitative estimate of drug-likeness (QED) is 0.528. The molecule has 1 N–H and O–H groups in total. The van der Waals surface area contributed by atoms with Crippen molar-refractivity contribution in [2.45, 2.75) is 0 Å². The van der Waals surface area contributed by atoms with E-state index in [4.69, 9.17) is 10.00 Å². The fourth-order valence-corrected chi connectivity index (χ4v) is 3.13. The molecule has 0 aliphatic heterocycles. The predicted octanol–water partition coefficient (Wildman–Crippen LogP) is 3.05. The maximum absolute atomic E-state index is 9.05. The van der Waals surface area contributed by atoms with Gasteiger partial charge in [-0.3, -0.25) is 9.55 Å². The Hall–Kier alpha value is -3.18. The fraction of sp³-hybridized carbons (Fsp3) is 0.0588. The lowest BCUT2D eigenvalue weighted by Crippen LogP contribution is -2.17. The van der Waals surface area contributed by atoms with Crippen LogP contribution in [-0.4, -0.2) is 26.6 Å². The van der Waals surface area contributed by atoms with E-state index in [0.29, 0.717) is 11.5 Å². The van der Waals surface area contributed by atoms with Gasteiger partial charge in [-0.2, -0.15) is 5.26 Å². The Bertz CT molecular complexity index is 1200. The van der Waals surface area contributed by atoms with Gasteiger partial charge in [0.1, 0.15) is 0 Å². The summed E-state index contributed by atoms with van der Waals surface area (Å²) in [6, 6.07) is 9.48. The van der Waals surface area contributed by atoms with Crippen molar-refractivity contribution < 1.29 is 4.74 Å². The fourth-order valence-electron chi connectivity index (χ4n) is 2.77. The molecule has 0 saturated carbocycles. The predicted molar refractivity (Wildman–Crippen MR) is 96.1 cm³/mol. The van der Waals surface area contributed by atoms with E-state index in [1.165, 1.54) is 0 Å². The highest BCUT2D eigenvalue weighted by atomic mass is 79.9. The summed E-state index contributed by atoms with van der Waals surface area (Å²) in [6.07, 6.45) is 5.24. The molecule has 122 valence electrons. The van der Waals surface area contributed by atoms with Crippen LogP contribution in [0.1, 0.15) is 0 Å². The summed E-state index contributed by atoms with van der Waals surface area (Å²) in [4.78, 5) is 15.8. The molecule has 0 aliphatic carbocycles. The number of halogens is 1. The van der Waals surface area contributed by atoms with Crippen LogP contribution in [0.5, 0.6) is 5.88 Å². The number of H-pyrrole nitrogens is 1. The number of methoxy groups -OCH3 is 1. The topological polar surface area (TPSA) is 91.9 Å². The van der Waals surface area contributed by atoms with Crippen molar-refractivity contribution in [2.75, 3.05) is 7.11 Å². The van der Waals surface area contributed by atoms with Crippen molar-refractivity contribution >= 4 is 37.9 Å². The second-order valence-corrected chi connectivity index (χ2v) is 6.15. The summed E-state index contributed by atoms with van der Waals surface area (Å²) in [5.41, 5.74) is 3.64. The van der Waals surface area contributed by atoms with E-state index in [1.54, 1.807) is 25.6 Å². The third-order valence-electron chi connectivity index (χ3n) is 3.83. The molecule has 3 aromatic heterocycles. The van der Waals surface area contributed by atoms with E-state index in [2.05, 4.69) is 35.9 Å². The van der Waals surface area contributed by atoms with Crippen molar-refractivity contribution in [3.63, 3.8) is 0 Å². The summed E-state index contributed by atoms with van der Waals surface area (Å²) in [5.74, 6) is 0.511. The van der Waals surface area contributed by atoms with Crippen LogP contribution in [0.25, 0.3) is 27.6 Å². The van der Waals surface area contributed by atoms with Gasteiger partial charge >= 0.3 is 0 Å². The van der Waals surface area contributed by atoms with E-state index in [1.807, 2.05) is 35.0 Å². The number of hydrogen-bond acceptors (Lipinski definition) is 5. The highest BCUT2D eigenvalue weighted by Crippen LogP contribution is 2.26. The number of pyridine rings is 2. The largest absolute Gasteiger partial charge is 0.481 e. The molecule has 1 aromatic carbocycles. The van der Waals surface area contributed by atoms with Gasteiger partial charge in [-0.1, -0.05) is 15.9 Å². The molecule has 3 heterocycles. The zero-order valence-corrected chi connectivity index (χ0v) is 14.6. The van der Waals surface area contributed by atoms with Gasteiger partial charge in [-0.15, -0.1) is 4.99 Å². The van der Waals surface area contributed by atoms with Gasteiger partial charge in [0.25, 0.3) is 0 Å². The number of imidazole rings is 1. The second-order valence-electron chi connectivity index (χ2n) is 5.24. The van der Waals surface area contributed by atoms with Gasteiger partial charge in [-0.05, 0) is 24.3 Å². The average Bonchev–Trinajstić information content (AvgIpc) is 3.00. The van der Waals surface area contributed by atoms with Gasteiger partial charge < -0.3 is 9.72 Å². The number of rotatable bonds is 2. The number of benzene rings is 1. The molecule has 8 heteroatoms. The van der Waals surface area contributed by atoms with E-state index >= 15 is 0 Å². The number of nitrogens with one attached hydrogen (secondary N) is 1. The molecule has 0 amide bonds. The number of fused-ring (bicyclic) bond motifs is 3. The lowest BCUT2D eigenvalue weighted by atomic mass is 10.2. The third-order valence-corrected chi connectivity index (χ3v) is 4.32. The van der Waals surface area contributed by atoms with Crippen LogP contribution < -0.4 is 10.4 Å². The summed E-state index contributed by atoms with van der Waals surface area (Å²) >= 11 is 3.50. The molecule has 25 heavy (non-hydrogen) atoms. The lowest BCUT2D eigenvalue weighted by molar-refractivity contribution is 0.398. The van der Waals surface area contributed by atoms with E-state index in [-0.39, 0.29) is 0 Å². The minimum Gasteiger partial charge on any atom is -0.481 e. The van der Waals surface area contributed by atoms with Crippen LogP contribution in [0.3, 0.4) is 0 Å². The molecular weight excluding hydrogens is 384 g/mol. The number of nitriles is 1. The van der Waals surface area contributed by atoms with Gasteiger partial charge in [0.05, 0.1) is 41.7 Å². The molecule has 4 rings (SSSR count). The van der Waals surface area contributed by atoms with Crippen molar-refractivity contribution in [3.05, 3.63) is 52.8 Å². The van der Waals surface area contributed by atoms with Crippen LogP contribution >= 0.6 is 15.9 Å². The maximum Gasteiger partial charge on any atom is 0.223 e. The van der Waals surface area contributed by atoms with Crippen molar-refractivity contribution in [1.29, 1.82) is 5.26 Å². The van der Waals surface area contributed by atoms with Crippen LogP contribution in [0.2, 0.25) is 0 Å². The monoisotopic (exact) mass is 394 g/mol. The summed E-state index contributed by atoms with van der Waals surface area (Å²) in [6.45, 7) is 0. The minimum atomic E-state index is 0.402. The zero-order chi connectivity index (χ0) is 17.4. The molecule has 0 unspecified atom stereocenters. The Morgan fingerprint density at radius 3 is 2.84 bits per heavy atom. The van der Waals surface area contributed by atoms with Crippen LogP contribution in [0.4, 0.5) is 0 Å². The molecule has 0 atom stereocenters. The van der Waals surface area contributed by atoms with E-state index < -0.39 is 0 Å². The molecule has 0 saturated heterocycles. The highest BCUT2D eigenvalue weighted by Gasteiger charge is 2.13. The second kappa shape index (κ2) is 6.03. The summed E-state index contributed by atoms with van der Waals surface area (Å²) in [5, 5.41) is 9.98. The van der Waals surface area contributed by atoms with E-state index in [0.717, 1.165) is 32.1 Å². The van der Waals surface area contributed by atoms with Gasteiger partial charge in [-0.25, -0.2) is 4.98 Å². The van der Waals surface area contributed by atoms with Crippen molar-refractivity contribution in [3.8, 4) is 17.8 Å². The molecule has 0 fully saturated rings. The Kier molecular flexibility index (Phi) is 3.71. The average molecular weight is 395 g/mol. The first-order valence-electron chi connectivity index (χ1n) is 7.33. The van der Waals surface area contributed by atoms with Gasteiger partial charge in [0, 0.05) is 15.9 Å². The lowest BCUT2D eigenvalue weighted by Gasteiger charge is -2.07. The molecule has 0 spiro atoms. The Morgan fingerprint density at radius 1 is 1.24 bits per heavy atom. The van der Waals surface area contributed by atoms with Crippen LogP contribution in [-0.2, 0) is 0 Å². The zero-order valence-electron chi connectivity index (χ0n) is 13.1. The SMILES string of the molecule is COc1ccc(-n2/c(=N\C#N)[nH]c3cnc4ccc(Br)cc4c32)cn1. The number of hydrogen-bond donors (Lipinski definition) is 1. The third kappa shape index (κ3) is 2.55. The first-order chi connectivity index (χ1) is 12.2. The molecule has 7 nitrogen and oxygen atoms in total. The highest BCUT2D eigenvalue weighted by molar-refractivity contribution is 9.10. The maximum atomic E-state index is 9.05. The Balaban J connectivity index is 2.16. The minimum absolute atomic E-state index is 0.402. The smallest absolute Gasteiger partial charge is 0.223 e. The Labute approximate surface area is 150 Å². The summed E-state index contributed by atoms with van der Waals surface area (Å²) in [7, 11) is 1.56. The molecule has 4 aromatic rings. The Morgan fingerprint density at radius 2 is 2.12 bits per heavy atom. The summed E-state index contributed by atoms with van der Waals surface area (Å²) < 4.78 is 7.90. The van der Waals surface area contributed by atoms with E-state index in [9.17, 15) is 0 Å². The standard InChI is InChI=1S/C17H11BrN6O/c1-25-15-5-3-11(7-21-15)24-16-12-6-10(18)2-4-13(12)20-8-14(16)23-17(24)22-9-19/h2-8H,1H3,(H,22,23). The normalized spacial score (nSPS) is 11.8. The van der Waals surface area contributed by atoms with Gasteiger partial charge in [0.2, 0.25) is 17.7 Å². The molecule has 0 bridgehead atoms. The number of nitrogens with zero attached hydrogens (tertiary/aromatic N) is 5. The number of aromatic nitrogens is 4. The first kappa shape index (κ1) is 15.4. The molecule has 0 aliphatic rings. The van der Waals surface area contributed by atoms with Gasteiger partial charge in [0.15, 0.2) is 0 Å². The van der Waals surface area contributed by atoms with Crippen molar-refractivity contribution in [2.24, 2.45) is 4.99 Å². The number of ether oxygens (including phenoxy) is 1.